The van der Waals surface area contributed by atoms with Crippen LogP contribution in [0, 0.1) is 0 Å². The van der Waals surface area contributed by atoms with Crippen molar-refractivity contribution in [2.24, 2.45) is 0 Å². The van der Waals surface area contributed by atoms with Crippen LogP contribution in [-0.2, 0) is 22.6 Å². The molecule has 200 valence electrons. The van der Waals surface area contributed by atoms with Gasteiger partial charge in [-0.15, -0.1) is 0 Å². The summed E-state index contributed by atoms with van der Waals surface area (Å²) in [5, 5.41) is 15.9. The first-order valence-electron chi connectivity index (χ1n) is 12.8. The molecule has 0 saturated carbocycles. The number of hydrogen-bond donors (Lipinski definition) is 3. The van der Waals surface area contributed by atoms with Crippen molar-refractivity contribution in [3.63, 3.8) is 0 Å². The zero-order valence-electron chi connectivity index (χ0n) is 21.3. The van der Waals surface area contributed by atoms with E-state index in [2.05, 4.69) is 20.6 Å². The normalized spacial score (nSPS) is 18.8. The van der Waals surface area contributed by atoms with Gasteiger partial charge in [0.1, 0.15) is 0 Å². The molecule has 0 aliphatic carbocycles. The van der Waals surface area contributed by atoms with Crippen LogP contribution in [-0.4, -0.2) is 33.0 Å². The minimum Gasteiger partial charge on any atom is -0.392 e. The van der Waals surface area contributed by atoms with Crippen LogP contribution in [0.5, 0.6) is 0 Å². The van der Waals surface area contributed by atoms with Crippen LogP contribution in [0.4, 0.5) is 10.5 Å². The SMILES string of the molecule is O=C(NCc1ccccc1)Nc1cccc([C@@H]2O[C@H](CSc3ncccn3)C[C@H](c3ccc(CO)cc3)O2)c1. The van der Waals surface area contributed by atoms with Crippen molar-refractivity contribution < 1.29 is 19.4 Å². The highest BCUT2D eigenvalue weighted by Crippen LogP contribution is 2.39. The first kappa shape index (κ1) is 26.8. The van der Waals surface area contributed by atoms with Gasteiger partial charge < -0.3 is 25.2 Å². The molecule has 39 heavy (non-hydrogen) atoms. The summed E-state index contributed by atoms with van der Waals surface area (Å²) in [7, 11) is 0. The third-order valence-corrected chi connectivity index (χ3v) is 7.28. The summed E-state index contributed by atoms with van der Waals surface area (Å²) >= 11 is 1.54. The van der Waals surface area contributed by atoms with Crippen molar-refractivity contribution in [3.8, 4) is 0 Å². The van der Waals surface area contributed by atoms with E-state index in [1.807, 2.05) is 78.9 Å². The maximum atomic E-state index is 12.5. The molecule has 4 aromatic rings. The highest BCUT2D eigenvalue weighted by molar-refractivity contribution is 7.99. The van der Waals surface area contributed by atoms with E-state index in [-0.39, 0.29) is 24.8 Å². The molecule has 0 bridgehead atoms. The zero-order valence-corrected chi connectivity index (χ0v) is 22.1. The van der Waals surface area contributed by atoms with E-state index >= 15 is 0 Å². The first-order chi connectivity index (χ1) is 19.2. The Hall–Kier alpha value is -3.76. The quantitative estimate of drug-likeness (QED) is 0.186. The standard InChI is InChI=1S/C30H30N4O4S/c35-19-22-10-12-23(13-11-22)27-17-26(20-39-30-31-14-5-15-32-30)37-28(38-27)24-8-4-9-25(16-24)34-29(36)33-18-21-6-2-1-3-7-21/h1-16,26-28,35H,17-20H2,(H2,33,34,36)/t26-,27+,28+/m0/s1. The highest BCUT2D eigenvalue weighted by Gasteiger charge is 2.32. The molecule has 2 amide bonds. The summed E-state index contributed by atoms with van der Waals surface area (Å²) in [6.45, 7) is 0.426. The fourth-order valence-corrected chi connectivity index (χ4v) is 5.09. The molecule has 3 N–H and O–H groups in total. The molecule has 3 atom stereocenters. The lowest BCUT2D eigenvalue weighted by molar-refractivity contribution is -0.245. The van der Waals surface area contributed by atoms with Gasteiger partial charge in [-0.25, -0.2) is 14.8 Å². The van der Waals surface area contributed by atoms with Crippen LogP contribution >= 0.6 is 11.8 Å². The zero-order chi connectivity index (χ0) is 26.9. The predicted molar refractivity (Wildman–Crippen MR) is 150 cm³/mol. The topological polar surface area (TPSA) is 106 Å². The Balaban J connectivity index is 1.28. The second kappa shape index (κ2) is 13.3. The molecular formula is C30H30N4O4S. The van der Waals surface area contributed by atoms with E-state index in [4.69, 9.17) is 9.47 Å². The van der Waals surface area contributed by atoms with Crippen molar-refractivity contribution in [1.82, 2.24) is 15.3 Å². The molecular weight excluding hydrogens is 512 g/mol. The number of benzene rings is 3. The number of amides is 2. The Labute approximate surface area is 231 Å². The number of aliphatic hydroxyl groups excluding tert-OH is 1. The van der Waals surface area contributed by atoms with Crippen LogP contribution in [0.1, 0.15) is 41.1 Å². The number of aliphatic hydroxyl groups is 1. The van der Waals surface area contributed by atoms with Crippen LogP contribution in [0.3, 0.4) is 0 Å². The largest absolute Gasteiger partial charge is 0.392 e. The fourth-order valence-electron chi connectivity index (χ4n) is 4.27. The number of nitrogens with one attached hydrogen (secondary N) is 2. The first-order valence-corrected chi connectivity index (χ1v) is 13.7. The van der Waals surface area contributed by atoms with E-state index in [1.165, 1.54) is 0 Å². The molecule has 8 nitrogen and oxygen atoms in total. The van der Waals surface area contributed by atoms with Gasteiger partial charge in [-0.3, -0.25) is 0 Å². The van der Waals surface area contributed by atoms with Gasteiger partial charge in [0.25, 0.3) is 0 Å². The van der Waals surface area contributed by atoms with Crippen LogP contribution in [0.2, 0.25) is 0 Å². The number of thioether (sulfide) groups is 1. The smallest absolute Gasteiger partial charge is 0.319 e. The van der Waals surface area contributed by atoms with Crippen molar-refractivity contribution in [2.45, 2.75) is 43.2 Å². The third-order valence-electron chi connectivity index (χ3n) is 6.27. The van der Waals surface area contributed by atoms with E-state index in [9.17, 15) is 9.90 Å². The molecule has 3 aromatic carbocycles. The second-order valence-corrected chi connectivity index (χ2v) is 10.1. The molecule has 1 aromatic heterocycles. The van der Waals surface area contributed by atoms with Gasteiger partial charge in [-0.1, -0.05) is 78.5 Å². The van der Waals surface area contributed by atoms with Crippen LogP contribution in [0.25, 0.3) is 0 Å². The molecule has 1 saturated heterocycles. The minimum atomic E-state index is -0.627. The van der Waals surface area contributed by atoms with Gasteiger partial charge in [0, 0.05) is 42.4 Å². The van der Waals surface area contributed by atoms with Crippen molar-refractivity contribution >= 4 is 23.5 Å². The highest BCUT2D eigenvalue weighted by atomic mass is 32.2. The summed E-state index contributed by atoms with van der Waals surface area (Å²) < 4.78 is 12.8. The monoisotopic (exact) mass is 542 g/mol. The molecule has 2 heterocycles. The number of carbonyl (C=O) groups excluding carboxylic acids is 1. The molecule has 9 heteroatoms. The summed E-state index contributed by atoms with van der Waals surface area (Å²) in [5.74, 6) is 0.662. The van der Waals surface area contributed by atoms with Crippen molar-refractivity contribution in [2.75, 3.05) is 11.1 Å². The number of anilines is 1. The lowest BCUT2D eigenvalue weighted by Gasteiger charge is -2.36. The van der Waals surface area contributed by atoms with Crippen molar-refractivity contribution in [1.29, 1.82) is 0 Å². The average Bonchev–Trinajstić information content (AvgIpc) is 3.00. The predicted octanol–water partition coefficient (Wildman–Crippen LogP) is 5.63. The molecule has 5 rings (SSSR count). The number of carbonyl (C=O) groups is 1. The molecule has 0 radical (unpaired) electrons. The Morgan fingerprint density at radius 3 is 2.46 bits per heavy atom. The summed E-state index contributed by atoms with van der Waals surface area (Å²) in [6, 6.07) is 26.5. The van der Waals surface area contributed by atoms with E-state index in [1.54, 1.807) is 30.2 Å². The van der Waals surface area contributed by atoms with Crippen LogP contribution < -0.4 is 10.6 Å². The van der Waals surface area contributed by atoms with E-state index < -0.39 is 6.29 Å². The van der Waals surface area contributed by atoms with E-state index in [0.717, 1.165) is 22.3 Å². The summed E-state index contributed by atoms with van der Waals surface area (Å²) in [6.07, 6.45) is 3.16. The number of urea groups is 1. The van der Waals surface area contributed by atoms with Gasteiger partial charge in [0.05, 0.1) is 18.8 Å². The Kier molecular flexibility index (Phi) is 9.18. The van der Waals surface area contributed by atoms with Crippen LogP contribution in [0.15, 0.2) is 102 Å². The van der Waals surface area contributed by atoms with Gasteiger partial charge in [-0.2, -0.15) is 0 Å². The Morgan fingerprint density at radius 1 is 0.897 bits per heavy atom. The molecule has 0 unspecified atom stereocenters. The Bertz CT molecular complexity index is 1340. The second-order valence-electron chi connectivity index (χ2n) is 9.11. The Morgan fingerprint density at radius 2 is 1.69 bits per heavy atom. The number of nitrogens with zero attached hydrogens (tertiary/aromatic N) is 2. The van der Waals surface area contributed by atoms with Crippen molar-refractivity contribution in [3.05, 3.63) is 120 Å². The number of ether oxygens (including phenoxy) is 2. The summed E-state index contributed by atoms with van der Waals surface area (Å²) in [4.78, 5) is 21.1. The van der Waals surface area contributed by atoms with Gasteiger partial charge in [0.15, 0.2) is 11.4 Å². The van der Waals surface area contributed by atoms with Gasteiger partial charge in [-0.05, 0) is 34.9 Å². The fraction of sp³-hybridized carbons (Fsp3) is 0.233. The maximum Gasteiger partial charge on any atom is 0.319 e. The lowest BCUT2D eigenvalue weighted by Crippen LogP contribution is -2.31. The molecule has 1 aliphatic heterocycles. The summed E-state index contributed by atoms with van der Waals surface area (Å²) in [5.41, 5.74) is 4.33. The maximum absolute atomic E-state index is 12.5. The molecule has 1 fully saturated rings. The number of hydrogen-bond acceptors (Lipinski definition) is 7. The van der Waals surface area contributed by atoms with Gasteiger partial charge in [0.2, 0.25) is 0 Å². The van der Waals surface area contributed by atoms with E-state index in [0.29, 0.717) is 29.6 Å². The average molecular weight is 543 g/mol. The number of rotatable bonds is 9. The third kappa shape index (κ3) is 7.64. The molecule has 0 spiro atoms. The van der Waals surface area contributed by atoms with Gasteiger partial charge >= 0.3 is 6.03 Å². The molecule has 1 aliphatic rings. The lowest BCUT2D eigenvalue weighted by atomic mass is 10.0. The minimum absolute atomic E-state index is 0.00734. The number of aromatic nitrogens is 2.